The van der Waals surface area contributed by atoms with Crippen LogP contribution in [0.15, 0.2) is 0 Å². The van der Waals surface area contributed by atoms with E-state index in [1.807, 2.05) is 0 Å². The molecule has 0 heterocycles. The molecule has 1 fully saturated rings. The van der Waals surface area contributed by atoms with E-state index >= 15 is 0 Å². The molecule has 0 aromatic rings. The third-order valence-electron chi connectivity index (χ3n) is 3.49. The zero-order valence-corrected chi connectivity index (χ0v) is 9.69. The third-order valence-corrected chi connectivity index (χ3v) is 3.49. The van der Waals surface area contributed by atoms with Gasteiger partial charge in [-0.3, -0.25) is 0 Å². The quantitative estimate of drug-likeness (QED) is 0.612. The molecule has 0 aromatic carbocycles. The summed E-state index contributed by atoms with van der Waals surface area (Å²) < 4.78 is 0. The van der Waals surface area contributed by atoms with Crippen molar-refractivity contribution in [1.82, 2.24) is 0 Å². The van der Waals surface area contributed by atoms with Gasteiger partial charge < -0.3 is 5.73 Å². The van der Waals surface area contributed by atoms with Gasteiger partial charge in [0.1, 0.15) is 0 Å². The van der Waals surface area contributed by atoms with E-state index in [1.54, 1.807) is 0 Å². The van der Waals surface area contributed by atoms with Crippen LogP contribution in [-0.2, 0) is 0 Å². The van der Waals surface area contributed by atoms with Crippen molar-refractivity contribution in [2.45, 2.75) is 65.8 Å². The van der Waals surface area contributed by atoms with Gasteiger partial charge in [0.15, 0.2) is 0 Å². The molecule has 1 aliphatic carbocycles. The Morgan fingerprint density at radius 3 is 2.08 bits per heavy atom. The fraction of sp³-hybridized carbons (Fsp3) is 1.00. The van der Waals surface area contributed by atoms with Crippen molar-refractivity contribution in [1.29, 1.82) is 0 Å². The standard InChI is InChI=1S/C12H25N/c1-11(2)6-5-10(13)9-12(3,4)8-7-11/h10H,5-9,13H2,1-4H3. The predicted octanol–water partition coefficient (Wildman–Crippen LogP) is 3.33. The van der Waals surface area contributed by atoms with Gasteiger partial charge in [-0.15, -0.1) is 0 Å². The second-order valence-corrected chi connectivity index (χ2v) is 6.33. The lowest BCUT2D eigenvalue weighted by molar-refractivity contribution is 0.167. The largest absolute Gasteiger partial charge is 0.328 e. The van der Waals surface area contributed by atoms with Crippen LogP contribution in [0.3, 0.4) is 0 Å². The highest BCUT2D eigenvalue weighted by molar-refractivity contribution is 4.83. The minimum atomic E-state index is 0.426. The van der Waals surface area contributed by atoms with E-state index in [9.17, 15) is 0 Å². The Bertz CT molecular complexity index is 170. The minimum Gasteiger partial charge on any atom is -0.328 e. The van der Waals surface area contributed by atoms with Gasteiger partial charge in [0.2, 0.25) is 0 Å². The molecule has 1 heteroatoms. The zero-order valence-electron chi connectivity index (χ0n) is 9.69. The van der Waals surface area contributed by atoms with Crippen LogP contribution < -0.4 is 5.73 Å². The molecule has 0 amide bonds. The molecule has 78 valence electrons. The first-order valence-corrected chi connectivity index (χ1v) is 5.56. The molecule has 0 radical (unpaired) electrons. The smallest absolute Gasteiger partial charge is 0.00441 e. The fourth-order valence-electron chi connectivity index (χ4n) is 2.29. The Kier molecular flexibility index (Phi) is 3.06. The van der Waals surface area contributed by atoms with E-state index in [4.69, 9.17) is 5.73 Å². The van der Waals surface area contributed by atoms with Gasteiger partial charge in [0, 0.05) is 6.04 Å². The second kappa shape index (κ2) is 3.61. The summed E-state index contributed by atoms with van der Waals surface area (Å²) in [5.41, 5.74) is 7.07. The molecule has 0 spiro atoms. The summed E-state index contributed by atoms with van der Waals surface area (Å²) in [5, 5.41) is 0. The van der Waals surface area contributed by atoms with Crippen molar-refractivity contribution < 1.29 is 0 Å². The molecule has 2 N–H and O–H groups in total. The number of hydrogen-bond acceptors (Lipinski definition) is 1. The van der Waals surface area contributed by atoms with Gasteiger partial charge in [-0.05, 0) is 42.9 Å². The topological polar surface area (TPSA) is 26.0 Å². The molecule has 0 aromatic heterocycles. The molecule has 1 nitrogen and oxygen atoms in total. The van der Waals surface area contributed by atoms with Gasteiger partial charge in [-0.1, -0.05) is 27.7 Å². The Labute approximate surface area is 83.1 Å². The first-order valence-electron chi connectivity index (χ1n) is 5.56. The SMILES string of the molecule is CC1(C)CCC(N)CC(C)(C)CC1. The molecule has 0 bridgehead atoms. The van der Waals surface area contributed by atoms with Crippen molar-refractivity contribution in [3.63, 3.8) is 0 Å². The van der Waals surface area contributed by atoms with Crippen LogP contribution in [0, 0.1) is 10.8 Å². The molecule has 1 saturated carbocycles. The van der Waals surface area contributed by atoms with Crippen LogP contribution in [0.2, 0.25) is 0 Å². The summed E-state index contributed by atoms with van der Waals surface area (Å²) in [6.45, 7) is 9.46. The van der Waals surface area contributed by atoms with E-state index < -0.39 is 0 Å². The molecular formula is C12H25N. The van der Waals surface area contributed by atoms with Gasteiger partial charge in [0.25, 0.3) is 0 Å². The van der Waals surface area contributed by atoms with Gasteiger partial charge in [-0.25, -0.2) is 0 Å². The molecule has 1 aliphatic rings. The van der Waals surface area contributed by atoms with Crippen LogP contribution in [0.5, 0.6) is 0 Å². The van der Waals surface area contributed by atoms with Crippen LogP contribution in [-0.4, -0.2) is 6.04 Å². The number of nitrogens with two attached hydrogens (primary N) is 1. The lowest BCUT2D eigenvalue weighted by Crippen LogP contribution is -2.33. The Hall–Kier alpha value is -0.0400. The summed E-state index contributed by atoms with van der Waals surface area (Å²) in [6.07, 6.45) is 6.38. The van der Waals surface area contributed by atoms with Crippen molar-refractivity contribution in [2.75, 3.05) is 0 Å². The molecule has 1 atom stereocenters. The zero-order chi connectivity index (χ0) is 10.1. The Morgan fingerprint density at radius 1 is 0.923 bits per heavy atom. The normalized spacial score (nSPS) is 33.5. The highest BCUT2D eigenvalue weighted by atomic mass is 14.6. The number of rotatable bonds is 0. The van der Waals surface area contributed by atoms with Crippen molar-refractivity contribution in [3.05, 3.63) is 0 Å². The summed E-state index contributed by atoms with van der Waals surface area (Å²) in [5.74, 6) is 0. The summed E-state index contributed by atoms with van der Waals surface area (Å²) in [7, 11) is 0. The first-order chi connectivity index (χ1) is 5.81. The van der Waals surface area contributed by atoms with E-state index in [1.165, 1.54) is 32.1 Å². The first kappa shape index (κ1) is 11.0. The Morgan fingerprint density at radius 2 is 1.46 bits per heavy atom. The number of hydrogen-bond donors (Lipinski definition) is 1. The molecule has 1 rings (SSSR count). The highest BCUT2D eigenvalue weighted by Crippen LogP contribution is 2.39. The van der Waals surface area contributed by atoms with Crippen LogP contribution in [0.1, 0.15) is 59.8 Å². The summed E-state index contributed by atoms with van der Waals surface area (Å²) in [4.78, 5) is 0. The average Bonchev–Trinajstić information content (AvgIpc) is 1.96. The fourth-order valence-corrected chi connectivity index (χ4v) is 2.29. The van der Waals surface area contributed by atoms with Crippen LogP contribution >= 0.6 is 0 Å². The molecule has 1 unspecified atom stereocenters. The summed E-state index contributed by atoms with van der Waals surface area (Å²) in [6, 6.07) is 0.426. The Balaban J connectivity index is 2.61. The monoisotopic (exact) mass is 183 g/mol. The third kappa shape index (κ3) is 3.68. The van der Waals surface area contributed by atoms with Crippen LogP contribution in [0.4, 0.5) is 0 Å². The second-order valence-electron chi connectivity index (χ2n) is 6.33. The van der Waals surface area contributed by atoms with E-state index in [0.717, 1.165) is 0 Å². The van der Waals surface area contributed by atoms with E-state index in [-0.39, 0.29) is 0 Å². The van der Waals surface area contributed by atoms with Crippen molar-refractivity contribution in [3.8, 4) is 0 Å². The van der Waals surface area contributed by atoms with Gasteiger partial charge in [0.05, 0.1) is 0 Å². The maximum Gasteiger partial charge on any atom is 0.00441 e. The molecule has 0 saturated heterocycles. The molecule has 13 heavy (non-hydrogen) atoms. The molecule has 0 aliphatic heterocycles. The maximum absolute atomic E-state index is 6.10. The van der Waals surface area contributed by atoms with Crippen molar-refractivity contribution >= 4 is 0 Å². The van der Waals surface area contributed by atoms with Gasteiger partial charge in [-0.2, -0.15) is 0 Å². The molecular weight excluding hydrogens is 158 g/mol. The van der Waals surface area contributed by atoms with E-state index in [2.05, 4.69) is 27.7 Å². The highest BCUT2D eigenvalue weighted by Gasteiger charge is 2.29. The van der Waals surface area contributed by atoms with Gasteiger partial charge >= 0.3 is 0 Å². The minimum absolute atomic E-state index is 0.426. The average molecular weight is 183 g/mol. The van der Waals surface area contributed by atoms with E-state index in [0.29, 0.717) is 16.9 Å². The van der Waals surface area contributed by atoms with Crippen molar-refractivity contribution in [2.24, 2.45) is 16.6 Å². The summed E-state index contributed by atoms with van der Waals surface area (Å²) >= 11 is 0. The lowest BCUT2D eigenvalue weighted by Gasteiger charge is -2.37. The van der Waals surface area contributed by atoms with Crippen LogP contribution in [0.25, 0.3) is 0 Å². The predicted molar refractivity (Wildman–Crippen MR) is 58.6 cm³/mol. The maximum atomic E-state index is 6.10. The lowest BCUT2D eigenvalue weighted by atomic mass is 9.70.